The first-order valence-corrected chi connectivity index (χ1v) is 9.57. The second-order valence-corrected chi connectivity index (χ2v) is 7.29. The smallest absolute Gasteiger partial charge is 0.351 e. The largest absolute Gasteiger partial charge is 0.435 e. The van der Waals surface area contributed by atoms with Gasteiger partial charge in [-0.2, -0.15) is 38.5 Å². The van der Waals surface area contributed by atoms with Crippen LogP contribution in [0.15, 0.2) is 29.0 Å². The van der Waals surface area contributed by atoms with E-state index in [1.54, 1.807) is 0 Å². The number of halogens is 5. The first kappa shape index (κ1) is 21.6. The van der Waals surface area contributed by atoms with Gasteiger partial charge >= 0.3 is 6.18 Å². The van der Waals surface area contributed by atoms with Gasteiger partial charge in [0.05, 0.1) is 0 Å². The zero-order valence-corrected chi connectivity index (χ0v) is 16.4. The van der Waals surface area contributed by atoms with Crippen LogP contribution in [-0.4, -0.2) is 49.0 Å². The van der Waals surface area contributed by atoms with Gasteiger partial charge in [-0.05, 0) is 18.6 Å². The molecule has 1 fully saturated rings. The Hall–Kier alpha value is -3.63. The highest BCUT2D eigenvalue weighted by Gasteiger charge is 2.40. The predicted molar refractivity (Wildman–Crippen MR) is 102 cm³/mol. The Morgan fingerprint density at radius 1 is 1.19 bits per heavy atom. The Morgan fingerprint density at radius 2 is 1.97 bits per heavy atom. The molecule has 1 unspecified atom stereocenters. The first-order chi connectivity index (χ1) is 15.1. The Labute approximate surface area is 178 Å². The normalized spacial score (nSPS) is 20.3. The molecule has 14 heteroatoms. The first-order valence-electron chi connectivity index (χ1n) is 9.57. The number of allylic oxidation sites excluding steroid dienone is 1. The van der Waals surface area contributed by atoms with E-state index in [2.05, 4.69) is 35.7 Å². The van der Waals surface area contributed by atoms with E-state index in [-0.39, 0.29) is 36.4 Å². The molecule has 0 bridgehead atoms. The molecule has 2 aliphatic rings. The van der Waals surface area contributed by atoms with E-state index >= 15 is 0 Å². The lowest BCUT2D eigenvalue weighted by Crippen LogP contribution is -2.22. The van der Waals surface area contributed by atoms with E-state index in [0.717, 1.165) is 16.9 Å². The number of dihydropyridines is 1. The van der Waals surface area contributed by atoms with Gasteiger partial charge in [0.1, 0.15) is 11.8 Å². The average molecular weight is 453 g/mol. The number of aromatic nitrogens is 5. The monoisotopic (exact) mass is 453 g/mol. The summed E-state index contributed by atoms with van der Waals surface area (Å²) in [4.78, 5) is 16.3. The molecule has 1 atom stereocenters. The molecule has 2 aromatic heterocycles. The van der Waals surface area contributed by atoms with Gasteiger partial charge < -0.3 is 10.6 Å². The molecule has 3 heterocycles. The van der Waals surface area contributed by atoms with Gasteiger partial charge in [0.15, 0.2) is 5.69 Å². The Kier molecular flexibility index (Phi) is 5.49. The number of anilines is 2. The molecule has 0 radical (unpaired) electrons. The summed E-state index contributed by atoms with van der Waals surface area (Å²) in [6.45, 7) is 0.357. The number of hydrogen-bond donors (Lipinski definition) is 2. The van der Waals surface area contributed by atoms with Crippen LogP contribution in [-0.2, 0) is 6.18 Å². The van der Waals surface area contributed by atoms with Gasteiger partial charge in [-0.3, -0.25) is 4.99 Å². The maximum Gasteiger partial charge on any atom is 0.435 e. The molecule has 2 N–H and O–H groups in total. The minimum atomic E-state index is -4.66. The summed E-state index contributed by atoms with van der Waals surface area (Å²) in [5.74, 6) is -3.18. The van der Waals surface area contributed by atoms with Crippen molar-refractivity contribution in [1.82, 2.24) is 24.7 Å². The van der Waals surface area contributed by atoms with Crippen molar-refractivity contribution in [2.75, 3.05) is 17.2 Å². The third-order valence-corrected chi connectivity index (χ3v) is 4.81. The third-order valence-electron chi connectivity index (χ3n) is 4.81. The number of alkyl halides is 5. The van der Waals surface area contributed by atoms with E-state index in [4.69, 9.17) is 5.26 Å². The van der Waals surface area contributed by atoms with E-state index in [0.29, 0.717) is 18.7 Å². The molecule has 4 rings (SSSR count). The average Bonchev–Trinajstić information content (AvgIpc) is 3.35. The Bertz CT molecular complexity index is 1110. The van der Waals surface area contributed by atoms with Crippen LogP contribution in [0.3, 0.4) is 0 Å². The summed E-state index contributed by atoms with van der Waals surface area (Å²) in [5.41, 5.74) is -0.382. The summed E-state index contributed by atoms with van der Waals surface area (Å²) < 4.78 is 66.7. The zero-order chi connectivity index (χ0) is 22.9. The lowest BCUT2D eigenvalue weighted by molar-refractivity contribution is -0.141. The highest BCUT2D eigenvalue weighted by molar-refractivity contribution is 6.08. The van der Waals surface area contributed by atoms with Gasteiger partial charge in [0.2, 0.25) is 17.8 Å². The maximum atomic E-state index is 13.5. The number of hydrogen-bond acceptors (Lipinski definition) is 8. The number of nitrogens with zero attached hydrogens (tertiary/aromatic N) is 7. The lowest BCUT2D eigenvalue weighted by atomic mass is 10.2. The Morgan fingerprint density at radius 3 is 2.62 bits per heavy atom. The van der Waals surface area contributed by atoms with Crippen molar-refractivity contribution >= 4 is 17.6 Å². The summed E-state index contributed by atoms with van der Waals surface area (Å²) >= 11 is 0. The molecule has 2 aromatic rings. The van der Waals surface area contributed by atoms with Gasteiger partial charge in [-0.15, -0.1) is 0 Å². The molecule has 0 aromatic carbocycles. The van der Waals surface area contributed by atoms with Gasteiger partial charge in [-0.25, -0.2) is 13.5 Å². The number of nitrogens with one attached hydrogen (secondary N) is 2. The third kappa shape index (κ3) is 4.98. The van der Waals surface area contributed by atoms with Crippen LogP contribution < -0.4 is 10.6 Å². The SMILES string of the molecule is N#CC1=NCCC(Nc2nc(NC3CCC(F)(F)C3)nc(-n3ccc(C(F)(F)F)n3)n2)=C1. The molecular weight excluding hydrogens is 437 g/mol. The van der Waals surface area contributed by atoms with E-state index in [9.17, 15) is 22.0 Å². The van der Waals surface area contributed by atoms with Crippen LogP contribution in [0.25, 0.3) is 5.95 Å². The van der Waals surface area contributed by atoms with Crippen molar-refractivity contribution in [3.8, 4) is 12.0 Å². The standard InChI is InChI=1S/C18H16F5N9/c19-17(20)4-1-11(8-17)27-15-28-14(26-10-2-5-25-12(7-10)9-24)29-16(30-15)32-6-3-13(31-32)18(21,22)23/h3,6-7,11H,1-2,4-5,8H2,(H2,26,27,28,29,30). The molecule has 0 spiro atoms. The van der Waals surface area contributed by atoms with Crippen molar-refractivity contribution in [3.63, 3.8) is 0 Å². The fourth-order valence-corrected chi connectivity index (χ4v) is 3.32. The molecular formula is C18H16F5N9. The van der Waals surface area contributed by atoms with Crippen LogP contribution >= 0.6 is 0 Å². The van der Waals surface area contributed by atoms with Gasteiger partial charge in [0, 0.05) is 43.7 Å². The minimum Gasteiger partial charge on any atom is -0.351 e. The summed E-state index contributed by atoms with van der Waals surface area (Å²) in [6, 6.07) is 2.07. The molecule has 32 heavy (non-hydrogen) atoms. The van der Waals surface area contributed by atoms with Crippen LogP contribution in [0.1, 0.15) is 31.4 Å². The molecule has 168 valence electrons. The van der Waals surface area contributed by atoms with Crippen LogP contribution in [0, 0.1) is 11.3 Å². The molecule has 0 amide bonds. The highest BCUT2D eigenvalue weighted by Crippen LogP contribution is 2.36. The zero-order valence-electron chi connectivity index (χ0n) is 16.4. The fraction of sp³-hybridized carbons (Fsp3) is 0.444. The number of aliphatic imine (C=N–C) groups is 1. The van der Waals surface area contributed by atoms with Gasteiger partial charge in [-0.1, -0.05) is 0 Å². The van der Waals surface area contributed by atoms with Crippen molar-refractivity contribution in [3.05, 3.63) is 29.7 Å². The van der Waals surface area contributed by atoms with Crippen LogP contribution in [0.5, 0.6) is 0 Å². The quantitative estimate of drug-likeness (QED) is 0.667. The molecule has 0 saturated heterocycles. The van der Waals surface area contributed by atoms with Crippen molar-refractivity contribution in [2.24, 2.45) is 4.99 Å². The fourth-order valence-electron chi connectivity index (χ4n) is 3.32. The van der Waals surface area contributed by atoms with E-state index in [1.807, 2.05) is 6.07 Å². The van der Waals surface area contributed by atoms with Crippen molar-refractivity contribution in [1.29, 1.82) is 5.26 Å². The number of nitriles is 1. The second-order valence-electron chi connectivity index (χ2n) is 7.29. The second kappa shape index (κ2) is 8.13. The summed E-state index contributed by atoms with van der Waals surface area (Å²) in [5, 5.41) is 18.1. The number of rotatable bonds is 5. The van der Waals surface area contributed by atoms with Crippen LogP contribution in [0.4, 0.5) is 33.8 Å². The minimum absolute atomic E-state index is 0.0447. The molecule has 1 aliphatic heterocycles. The van der Waals surface area contributed by atoms with Crippen LogP contribution in [0.2, 0.25) is 0 Å². The molecule has 1 saturated carbocycles. The molecule has 1 aliphatic carbocycles. The maximum absolute atomic E-state index is 13.5. The van der Waals surface area contributed by atoms with E-state index < -0.39 is 30.3 Å². The summed E-state index contributed by atoms with van der Waals surface area (Å²) in [7, 11) is 0. The van der Waals surface area contributed by atoms with Crippen molar-refractivity contribution in [2.45, 2.75) is 43.8 Å². The molecule has 9 nitrogen and oxygen atoms in total. The highest BCUT2D eigenvalue weighted by atomic mass is 19.4. The van der Waals surface area contributed by atoms with Crippen molar-refractivity contribution < 1.29 is 22.0 Å². The summed E-state index contributed by atoms with van der Waals surface area (Å²) in [6.07, 6.45) is -2.19. The predicted octanol–water partition coefficient (Wildman–Crippen LogP) is 3.34. The van der Waals surface area contributed by atoms with Gasteiger partial charge in [0.25, 0.3) is 5.95 Å². The lowest BCUT2D eigenvalue weighted by Gasteiger charge is -2.16. The van der Waals surface area contributed by atoms with E-state index in [1.165, 1.54) is 6.08 Å². The Balaban J connectivity index is 1.65. The topological polar surface area (TPSA) is 117 Å².